The highest BCUT2D eigenvalue weighted by atomic mass is 32.1. The van der Waals surface area contributed by atoms with E-state index < -0.39 is 0 Å². The summed E-state index contributed by atoms with van der Waals surface area (Å²) < 4.78 is 16.4. The van der Waals surface area contributed by atoms with E-state index in [1.54, 1.807) is 14.2 Å². The van der Waals surface area contributed by atoms with Gasteiger partial charge in [-0.1, -0.05) is 42.5 Å². The van der Waals surface area contributed by atoms with Gasteiger partial charge in [0.05, 0.1) is 14.2 Å². The van der Waals surface area contributed by atoms with Gasteiger partial charge in [0.1, 0.15) is 11.6 Å². The van der Waals surface area contributed by atoms with Crippen molar-refractivity contribution in [3.8, 4) is 17.2 Å². The van der Waals surface area contributed by atoms with E-state index >= 15 is 0 Å². The molecule has 0 atom stereocenters. The number of ether oxygens (including phenoxy) is 3. The zero-order valence-electron chi connectivity index (χ0n) is 12.0. The van der Waals surface area contributed by atoms with Crippen molar-refractivity contribution in [1.29, 1.82) is 0 Å². The van der Waals surface area contributed by atoms with Crippen LogP contribution in [0.25, 0.3) is 0 Å². The highest BCUT2D eigenvalue weighted by molar-refractivity contribution is 7.80. The Hall–Kier alpha value is -2.27. The summed E-state index contributed by atoms with van der Waals surface area (Å²) in [7, 11) is 3.19. The third-order valence-corrected chi connectivity index (χ3v) is 3.24. The van der Waals surface area contributed by atoms with Crippen LogP contribution in [-0.2, 0) is 6.61 Å². The number of para-hydroxylation sites is 1. The second-order valence-electron chi connectivity index (χ2n) is 4.34. The second kappa shape index (κ2) is 6.95. The number of thiocarbonyl (C=S) groups is 1. The zero-order chi connectivity index (χ0) is 15.2. The van der Waals surface area contributed by atoms with Crippen LogP contribution in [0.1, 0.15) is 11.1 Å². The van der Waals surface area contributed by atoms with Crippen LogP contribution >= 0.6 is 12.2 Å². The molecule has 0 radical (unpaired) electrons. The Labute approximate surface area is 129 Å². The van der Waals surface area contributed by atoms with E-state index in [0.29, 0.717) is 28.8 Å². The summed E-state index contributed by atoms with van der Waals surface area (Å²) in [4.78, 5) is 0.383. The third kappa shape index (κ3) is 3.64. The first-order valence-electron chi connectivity index (χ1n) is 6.38. The lowest BCUT2D eigenvalue weighted by Gasteiger charge is -2.14. The van der Waals surface area contributed by atoms with Gasteiger partial charge in [-0.2, -0.15) is 0 Å². The molecule has 0 aliphatic heterocycles. The highest BCUT2D eigenvalue weighted by Gasteiger charge is 2.11. The van der Waals surface area contributed by atoms with Gasteiger partial charge in [0.15, 0.2) is 11.5 Å². The van der Waals surface area contributed by atoms with Crippen molar-refractivity contribution >= 4 is 17.2 Å². The summed E-state index contributed by atoms with van der Waals surface area (Å²) in [6.45, 7) is 0.397. The smallest absolute Gasteiger partial charge is 0.203 e. The predicted molar refractivity (Wildman–Crippen MR) is 86.2 cm³/mol. The summed E-state index contributed by atoms with van der Waals surface area (Å²) >= 11 is 4.93. The number of hydrogen-bond donors (Lipinski definition) is 1. The van der Waals surface area contributed by atoms with Gasteiger partial charge in [-0.25, -0.2) is 0 Å². The summed E-state index contributed by atoms with van der Waals surface area (Å²) in [5.74, 6) is 1.85. The molecule has 0 spiro atoms. The maximum atomic E-state index is 5.82. The fourth-order valence-electron chi connectivity index (χ4n) is 1.88. The molecule has 2 aromatic rings. The first kappa shape index (κ1) is 15.1. The molecule has 2 aromatic carbocycles. The molecule has 5 heteroatoms. The average molecular weight is 303 g/mol. The van der Waals surface area contributed by atoms with Crippen LogP contribution in [0.4, 0.5) is 0 Å². The van der Waals surface area contributed by atoms with Crippen molar-refractivity contribution in [1.82, 2.24) is 0 Å². The first-order valence-corrected chi connectivity index (χ1v) is 6.79. The van der Waals surface area contributed by atoms with Crippen molar-refractivity contribution in [3.05, 3.63) is 53.6 Å². The Balaban J connectivity index is 2.14. The number of hydrogen-bond acceptors (Lipinski definition) is 4. The van der Waals surface area contributed by atoms with Gasteiger partial charge >= 0.3 is 0 Å². The Morgan fingerprint density at radius 1 is 1.00 bits per heavy atom. The molecule has 0 bridgehead atoms. The fourth-order valence-corrected chi connectivity index (χ4v) is 2.02. The maximum absolute atomic E-state index is 5.82. The molecule has 0 unspecified atom stereocenters. The number of benzene rings is 2. The van der Waals surface area contributed by atoms with Gasteiger partial charge in [0.2, 0.25) is 5.75 Å². The molecule has 21 heavy (non-hydrogen) atoms. The lowest BCUT2D eigenvalue weighted by molar-refractivity contribution is 0.266. The van der Waals surface area contributed by atoms with Gasteiger partial charge in [0, 0.05) is 5.56 Å². The van der Waals surface area contributed by atoms with Crippen LogP contribution < -0.4 is 19.9 Å². The molecule has 4 nitrogen and oxygen atoms in total. The first-order chi connectivity index (χ1) is 10.2. The molecule has 0 aromatic heterocycles. The van der Waals surface area contributed by atoms with Gasteiger partial charge < -0.3 is 19.9 Å². The Kier molecular flexibility index (Phi) is 5.00. The van der Waals surface area contributed by atoms with Crippen LogP contribution in [0.2, 0.25) is 0 Å². The van der Waals surface area contributed by atoms with E-state index in [9.17, 15) is 0 Å². The third-order valence-electron chi connectivity index (χ3n) is 3.00. The molecular weight excluding hydrogens is 286 g/mol. The van der Waals surface area contributed by atoms with Gasteiger partial charge in [-0.05, 0) is 17.7 Å². The largest absolute Gasteiger partial charge is 0.493 e. The van der Waals surface area contributed by atoms with Gasteiger partial charge in [-0.15, -0.1) is 0 Å². The molecule has 2 rings (SSSR count). The molecule has 0 aliphatic rings. The minimum Gasteiger partial charge on any atom is -0.493 e. The van der Waals surface area contributed by atoms with Crippen LogP contribution in [-0.4, -0.2) is 19.2 Å². The van der Waals surface area contributed by atoms with Crippen molar-refractivity contribution in [2.75, 3.05) is 14.2 Å². The summed E-state index contributed by atoms with van der Waals surface area (Å²) in [6.07, 6.45) is 0. The van der Waals surface area contributed by atoms with E-state index in [-0.39, 0.29) is 0 Å². The van der Waals surface area contributed by atoms with Crippen LogP contribution in [0.15, 0.2) is 42.5 Å². The number of nitrogens with two attached hydrogens (primary N) is 1. The van der Waals surface area contributed by atoms with Crippen LogP contribution in [0.3, 0.4) is 0 Å². The zero-order valence-corrected chi connectivity index (χ0v) is 12.8. The Bertz CT molecular complexity index is 604. The van der Waals surface area contributed by atoms with Crippen LogP contribution in [0, 0.1) is 0 Å². The predicted octanol–water partition coefficient (Wildman–Crippen LogP) is 2.92. The van der Waals surface area contributed by atoms with E-state index in [1.807, 2.05) is 42.5 Å². The van der Waals surface area contributed by atoms with Crippen molar-refractivity contribution in [3.63, 3.8) is 0 Å². The normalized spacial score (nSPS) is 10.0. The fraction of sp³-hybridized carbons (Fsp3) is 0.188. The van der Waals surface area contributed by atoms with Gasteiger partial charge in [0.25, 0.3) is 0 Å². The highest BCUT2D eigenvalue weighted by Crippen LogP contribution is 2.37. The monoisotopic (exact) mass is 303 g/mol. The van der Waals surface area contributed by atoms with Crippen molar-refractivity contribution in [2.24, 2.45) is 5.73 Å². The molecule has 0 heterocycles. The summed E-state index contributed by atoms with van der Waals surface area (Å²) in [6, 6.07) is 13.1. The number of rotatable bonds is 6. The van der Waals surface area contributed by atoms with Crippen molar-refractivity contribution in [2.45, 2.75) is 6.61 Å². The van der Waals surface area contributed by atoms with E-state index in [2.05, 4.69) is 0 Å². The molecule has 0 saturated carbocycles. The quantitative estimate of drug-likeness (QED) is 0.832. The molecule has 0 fully saturated rings. The standard InChI is InChI=1S/C16H17NO3S/c1-18-13-4-3-5-14(19-2)15(13)20-10-11-6-8-12(9-7-11)16(17)21/h3-9H,10H2,1-2H3,(H2,17,21). The lowest BCUT2D eigenvalue weighted by atomic mass is 10.1. The molecule has 110 valence electrons. The lowest BCUT2D eigenvalue weighted by Crippen LogP contribution is -2.09. The minimum absolute atomic E-state index is 0.383. The molecule has 2 N–H and O–H groups in total. The molecular formula is C16H17NO3S. The Morgan fingerprint density at radius 3 is 2.05 bits per heavy atom. The van der Waals surface area contributed by atoms with E-state index in [4.69, 9.17) is 32.2 Å². The van der Waals surface area contributed by atoms with Crippen LogP contribution in [0.5, 0.6) is 17.2 Å². The molecule has 0 amide bonds. The van der Waals surface area contributed by atoms with Gasteiger partial charge in [-0.3, -0.25) is 0 Å². The Morgan fingerprint density at radius 2 is 1.57 bits per heavy atom. The summed E-state index contributed by atoms with van der Waals surface area (Å²) in [5, 5.41) is 0. The molecule has 0 aliphatic carbocycles. The van der Waals surface area contributed by atoms with E-state index in [1.165, 1.54) is 0 Å². The topological polar surface area (TPSA) is 53.7 Å². The average Bonchev–Trinajstić information content (AvgIpc) is 2.52. The second-order valence-corrected chi connectivity index (χ2v) is 4.78. The van der Waals surface area contributed by atoms with Crippen molar-refractivity contribution < 1.29 is 14.2 Å². The summed E-state index contributed by atoms with van der Waals surface area (Å²) in [5.41, 5.74) is 7.41. The minimum atomic E-state index is 0.383. The maximum Gasteiger partial charge on any atom is 0.203 e. The molecule has 0 saturated heterocycles. The van der Waals surface area contributed by atoms with E-state index in [0.717, 1.165) is 11.1 Å². The number of methoxy groups -OCH3 is 2. The SMILES string of the molecule is COc1cccc(OC)c1OCc1ccc(C(N)=S)cc1.